The molecule has 31 heavy (non-hydrogen) atoms. The van der Waals surface area contributed by atoms with E-state index in [0.29, 0.717) is 17.8 Å². The topological polar surface area (TPSA) is 88.5 Å². The first-order valence-electron chi connectivity index (χ1n) is 9.84. The first-order valence-corrected chi connectivity index (χ1v) is 10.7. The zero-order valence-electron chi connectivity index (χ0n) is 16.7. The van der Waals surface area contributed by atoms with Crippen LogP contribution in [0.1, 0.15) is 32.5 Å². The second-order valence-corrected chi connectivity index (χ2v) is 8.35. The second-order valence-electron chi connectivity index (χ2n) is 7.41. The van der Waals surface area contributed by atoms with Crippen LogP contribution in [0, 0.1) is 10.1 Å². The van der Waals surface area contributed by atoms with Crippen LogP contribution in [-0.4, -0.2) is 34.4 Å². The molecule has 0 unspecified atom stereocenters. The van der Waals surface area contributed by atoms with E-state index in [2.05, 4.69) is 4.98 Å². The number of carbonyl (C=O) groups excluding carboxylic acids is 1. The molecule has 0 aliphatic carbocycles. The van der Waals surface area contributed by atoms with Gasteiger partial charge in [-0.15, -0.1) is 11.3 Å². The van der Waals surface area contributed by atoms with Gasteiger partial charge in [0.1, 0.15) is 5.75 Å². The molecule has 1 atom stereocenters. The number of nitrogens with zero attached hydrogens (tertiary/aromatic N) is 2. The number of nitro benzene ring substituents is 1. The van der Waals surface area contributed by atoms with Crippen molar-refractivity contribution in [3.05, 3.63) is 91.8 Å². The highest BCUT2D eigenvalue weighted by Crippen LogP contribution is 2.40. The Hall–Kier alpha value is -3.65. The number of rotatable bonds is 4. The van der Waals surface area contributed by atoms with E-state index in [-0.39, 0.29) is 17.6 Å². The van der Waals surface area contributed by atoms with Gasteiger partial charge in [0.25, 0.3) is 11.6 Å². The first-order chi connectivity index (χ1) is 15.1. The molecule has 1 amide bonds. The van der Waals surface area contributed by atoms with Crippen LogP contribution in [0.2, 0.25) is 0 Å². The van der Waals surface area contributed by atoms with Crippen molar-refractivity contribution in [2.75, 3.05) is 13.7 Å². The molecule has 0 bridgehead atoms. The van der Waals surface area contributed by atoms with Gasteiger partial charge < -0.3 is 14.6 Å². The fourth-order valence-electron chi connectivity index (χ4n) is 4.28. The van der Waals surface area contributed by atoms with Crippen LogP contribution in [0.3, 0.4) is 0 Å². The predicted octanol–water partition coefficient (Wildman–Crippen LogP) is 4.93. The Morgan fingerprint density at radius 3 is 2.71 bits per heavy atom. The maximum Gasteiger partial charge on any atom is 0.269 e. The Bertz CT molecular complexity index is 1280. The fraction of sp³-hybridized carbons (Fsp3) is 0.174. The van der Waals surface area contributed by atoms with E-state index in [0.717, 1.165) is 33.5 Å². The number of methoxy groups -OCH3 is 1. The SMILES string of the molecule is COc1ccc2[nH]c3c(c2c1)CCN(C(=O)c1cccs1)[C@H]3c1ccc([N+](=O)[O-])cc1. The molecule has 0 spiro atoms. The summed E-state index contributed by atoms with van der Waals surface area (Å²) in [5.74, 6) is 0.735. The summed E-state index contributed by atoms with van der Waals surface area (Å²) in [6.45, 7) is 0.551. The number of H-pyrrole nitrogens is 1. The molecule has 5 rings (SSSR count). The van der Waals surface area contributed by atoms with Gasteiger partial charge in [0.2, 0.25) is 0 Å². The van der Waals surface area contributed by atoms with Crippen LogP contribution in [0.15, 0.2) is 60.0 Å². The van der Waals surface area contributed by atoms with Gasteiger partial charge in [-0.2, -0.15) is 0 Å². The fourth-order valence-corrected chi connectivity index (χ4v) is 4.96. The summed E-state index contributed by atoms with van der Waals surface area (Å²) in [7, 11) is 1.64. The number of benzene rings is 2. The summed E-state index contributed by atoms with van der Waals surface area (Å²) in [5, 5.41) is 14.1. The minimum Gasteiger partial charge on any atom is -0.497 e. The van der Waals surface area contributed by atoms with Crippen molar-refractivity contribution in [1.82, 2.24) is 9.88 Å². The molecule has 156 valence electrons. The van der Waals surface area contributed by atoms with Crippen molar-refractivity contribution in [1.29, 1.82) is 0 Å². The molecule has 8 heteroatoms. The third kappa shape index (κ3) is 3.25. The highest BCUT2D eigenvalue weighted by Gasteiger charge is 2.35. The summed E-state index contributed by atoms with van der Waals surface area (Å²) in [6, 6.07) is 15.7. The van der Waals surface area contributed by atoms with Gasteiger partial charge in [-0.25, -0.2) is 0 Å². The van der Waals surface area contributed by atoms with Gasteiger partial charge in [0.15, 0.2) is 0 Å². The van der Waals surface area contributed by atoms with E-state index >= 15 is 0 Å². The average Bonchev–Trinajstić information content (AvgIpc) is 3.45. The number of nitro groups is 1. The molecule has 2 aromatic carbocycles. The lowest BCUT2D eigenvalue weighted by molar-refractivity contribution is -0.384. The van der Waals surface area contributed by atoms with Crippen molar-refractivity contribution >= 4 is 33.8 Å². The van der Waals surface area contributed by atoms with Gasteiger partial charge in [-0.05, 0) is 59.3 Å². The maximum absolute atomic E-state index is 13.3. The van der Waals surface area contributed by atoms with Gasteiger partial charge in [0, 0.05) is 35.3 Å². The molecule has 1 aliphatic heterocycles. The van der Waals surface area contributed by atoms with Gasteiger partial charge in [-0.3, -0.25) is 14.9 Å². The largest absolute Gasteiger partial charge is 0.497 e. The third-order valence-electron chi connectivity index (χ3n) is 5.75. The summed E-state index contributed by atoms with van der Waals surface area (Å²) >= 11 is 1.41. The zero-order valence-corrected chi connectivity index (χ0v) is 17.5. The number of nitrogens with one attached hydrogen (secondary N) is 1. The van der Waals surface area contributed by atoms with Crippen LogP contribution in [-0.2, 0) is 6.42 Å². The smallest absolute Gasteiger partial charge is 0.269 e. The van der Waals surface area contributed by atoms with Crippen LogP contribution in [0.4, 0.5) is 5.69 Å². The molecule has 2 aromatic heterocycles. The molecular formula is C23H19N3O4S. The van der Waals surface area contributed by atoms with E-state index in [1.54, 1.807) is 19.2 Å². The number of hydrogen-bond acceptors (Lipinski definition) is 5. The summed E-state index contributed by atoms with van der Waals surface area (Å²) in [4.78, 5) is 30.1. The van der Waals surface area contributed by atoms with E-state index in [1.165, 1.54) is 23.5 Å². The number of thiophene rings is 1. The Balaban J connectivity index is 1.66. The number of hydrogen-bond donors (Lipinski definition) is 1. The molecule has 1 aliphatic rings. The summed E-state index contributed by atoms with van der Waals surface area (Å²) < 4.78 is 5.40. The lowest BCUT2D eigenvalue weighted by Crippen LogP contribution is -2.40. The number of fused-ring (bicyclic) bond motifs is 3. The monoisotopic (exact) mass is 433 g/mol. The van der Waals surface area contributed by atoms with Crippen LogP contribution in [0.5, 0.6) is 5.75 Å². The summed E-state index contributed by atoms with van der Waals surface area (Å²) in [5.41, 5.74) is 3.91. The van der Waals surface area contributed by atoms with Crippen LogP contribution < -0.4 is 4.74 Å². The Morgan fingerprint density at radius 2 is 2.03 bits per heavy atom. The number of ether oxygens (including phenoxy) is 1. The Kier molecular flexibility index (Phi) is 4.71. The minimum absolute atomic E-state index is 0.0253. The van der Waals surface area contributed by atoms with Crippen molar-refractivity contribution in [3.63, 3.8) is 0 Å². The number of carbonyl (C=O) groups is 1. The molecule has 1 N–H and O–H groups in total. The Labute approximate surface area is 182 Å². The van der Waals surface area contributed by atoms with E-state index in [1.807, 2.05) is 40.6 Å². The molecule has 4 aromatic rings. The first kappa shape index (κ1) is 19.3. The zero-order chi connectivity index (χ0) is 21.5. The quantitative estimate of drug-likeness (QED) is 0.365. The van der Waals surface area contributed by atoms with Gasteiger partial charge in [0.05, 0.1) is 23.0 Å². The van der Waals surface area contributed by atoms with E-state index in [4.69, 9.17) is 4.74 Å². The highest BCUT2D eigenvalue weighted by molar-refractivity contribution is 7.12. The molecular weight excluding hydrogens is 414 g/mol. The molecule has 0 saturated heterocycles. The lowest BCUT2D eigenvalue weighted by atomic mass is 9.92. The number of non-ortho nitro benzene ring substituents is 1. The van der Waals surface area contributed by atoms with Gasteiger partial charge in [-0.1, -0.05) is 6.07 Å². The molecule has 0 saturated carbocycles. The third-order valence-corrected chi connectivity index (χ3v) is 6.60. The van der Waals surface area contributed by atoms with E-state index < -0.39 is 4.92 Å². The van der Waals surface area contributed by atoms with Crippen LogP contribution in [0.25, 0.3) is 10.9 Å². The lowest BCUT2D eigenvalue weighted by Gasteiger charge is -2.36. The molecule has 7 nitrogen and oxygen atoms in total. The normalized spacial score (nSPS) is 15.6. The minimum atomic E-state index is -0.417. The second kappa shape index (κ2) is 7.55. The van der Waals surface area contributed by atoms with Gasteiger partial charge >= 0.3 is 0 Å². The molecule has 3 heterocycles. The maximum atomic E-state index is 13.3. The van der Waals surface area contributed by atoms with Crippen molar-refractivity contribution < 1.29 is 14.5 Å². The predicted molar refractivity (Wildman–Crippen MR) is 119 cm³/mol. The standard InChI is InChI=1S/C23H19N3O4S/c1-30-16-8-9-19-18(13-16)17-10-11-25(23(27)20-3-2-12-31-20)22(21(17)24-19)14-4-6-15(7-5-14)26(28)29/h2-9,12-13,22,24H,10-11H2,1H3/t22-/m0/s1. The van der Waals surface area contributed by atoms with Crippen LogP contribution >= 0.6 is 11.3 Å². The number of aromatic amines is 1. The average molecular weight is 433 g/mol. The van der Waals surface area contributed by atoms with Crippen molar-refractivity contribution in [2.24, 2.45) is 0 Å². The number of aromatic nitrogens is 1. The Morgan fingerprint density at radius 1 is 1.23 bits per heavy atom. The van der Waals surface area contributed by atoms with Crippen molar-refractivity contribution in [2.45, 2.75) is 12.5 Å². The molecule has 0 fully saturated rings. The molecule has 0 radical (unpaired) electrons. The van der Waals surface area contributed by atoms with Crippen molar-refractivity contribution in [3.8, 4) is 5.75 Å². The number of amides is 1. The highest BCUT2D eigenvalue weighted by atomic mass is 32.1. The summed E-state index contributed by atoms with van der Waals surface area (Å²) in [6.07, 6.45) is 0.711. The van der Waals surface area contributed by atoms with E-state index in [9.17, 15) is 14.9 Å².